The van der Waals surface area contributed by atoms with Crippen LogP contribution in [0.4, 0.5) is 0 Å². The number of likely N-dealkylation sites (N-methyl/N-ethyl adjacent to an activating group) is 1. The second-order valence-corrected chi connectivity index (χ2v) is 11.7. The van der Waals surface area contributed by atoms with Gasteiger partial charge in [0, 0.05) is 38.8 Å². The van der Waals surface area contributed by atoms with Crippen molar-refractivity contribution < 1.29 is 28.9 Å². The van der Waals surface area contributed by atoms with E-state index in [0.717, 1.165) is 29.7 Å². The molecular weight excluding hydrogens is 558 g/mol. The number of aliphatic hydroxyl groups is 1. The number of hydrogen-bond donors (Lipinski definition) is 3. The highest BCUT2D eigenvalue weighted by Gasteiger charge is 2.24. The van der Waals surface area contributed by atoms with Gasteiger partial charge in [0.05, 0.1) is 25.4 Å². The normalized spacial score (nSPS) is 16.3. The Morgan fingerprint density at radius 1 is 1.02 bits per heavy atom. The number of amides is 2. The molecule has 1 heterocycles. The van der Waals surface area contributed by atoms with E-state index in [1.807, 2.05) is 30.3 Å². The zero-order valence-electron chi connectivity index (χ0n) is 26.2. The summed E-state index contributed by atoms with van der Waals surface area (Å²) in [5, 5.41) is 17.8. The number of nitrogens with zero attached hydrogens (tertiary/aromatic N) is 1. The molecule has 2 amide bonds. The number of carbonyl (C=O) groups is 2. The van der Waals surface area contributed by atoms with Crippen LogP contribution in [0.25, 0.3) is 0 Å². The van der Waals surface area contributed by atoms with E-state index >= 15 is 0 Å². The molecule has 1 aliphatic rings. The van der Waals surface area contributed by atoms with Gasteiger partial charge in [-0.1, -0.05) is 50.2 Å². The molecule has 0 aromatic heterocycles. The van der Waals surface area contributed by atoms with Crippen LogP contribution in [-0.2, 0) is 17.8 Å². The van der Waals surface area contributed by atoms with Gasteiger partial charge in [-0.2, -0.15) is 0 Å². The summed E-state index contributed by atoms with van der Waals surface area (Å²) in [6, 6.07) is 20.5. The van der Waals surface area contributed by atoms with Gasteiger partial charge in [-0.05, 0) is 66.1 Å². The molecule has 1 aliphatic heterocycles. The van der Waals surface area contributed by atoms with Gasteiger partial charge in [-0.3, -0.25) is 9.59 Å². The average molecular weight is 604 g/mol. The summed E-state index contributed by atoms with van der Waals surface area (Å²) >= 11 is 0. The molecule has 9 heteroatoms. The lowest BCUT2D eigenvalue weighted by Gasteiger charge is -2.25. The van der Waals surface area contributed by atoms with Gasteiger partial charge in [0.25, 0.3) is 11.8 Å². The molecule has 44 heavy (non-hydrogen) atoms. The summed E-state index contributed by atoms with van der Waals surface area (Å²) in [6.07, 6.45) is 1.06. The van der Waals surface area contributed by atoms with Gasteiger partial charge in [0.2, 0.25) is 0 Å². The number of nitrogens with one attached hydrogen (secondary N) is 2. The summed E-state index contributed by atoms with van der Waals surface area (Å²) in [6.45, 7) is 5.99. The maximum absolute atomic E-state index is 13.7. The van der Waals surface area contributed by atoms with Crippen molar-refractivity contribution in [2.45, 2.75) is 57.7 Å². The van der Waals surface area contributed by atoms with Gasteiger partial charge in [0.15, 0.2) is 6.61 Å². The van der Waals surface area contributed by atoms with Gasteiger partial charge in [-0.25, -0.2) is 0 Å². The molecule has 9 nitrogen and oxygen atoms in total. The summed E-state index contributed by atoms with van der Waals surface area (Å²) in [7, 11) is 3.31. The second-order valence-electron chi connectivity index (χ2n) is 11.7. The zero-order chi connectivity index (χ0) is 31.5. The molecule has 2 atom stereocenters. The van der Waals surface area contributed by atoms with E-state index in [0.29, 0.717) is 49.2 Å². The Kier molecular flexibility index (Phi) is 12.0. The number of aliphatic hydroxyl groups excluding tert-OH is 1. The van der Waals surface area contributed by atoms with Crippen molar-refractivity contribution >= 4 is 11.8 Å². The van der Waals surface area contributed by atoms with Crippen LogP contribution in [0.15, 0.2) is 66.7 Å². The smallest absolute Gasteiger partial charge is 0.259 e. The van der Waals surface area contributed by atoms with E-state index in [-0.39, 0.29) is 25.0 Å². The van der Waals surface area contributed by atoms with Gasteiger partial charge in [-0.15, -0.1) is 0 Å². The highest BCUT2D eigenvalue weighted by molar-refractivity contribution is 5.95. The lowest BCUT2D eigenvalue weighted by Crippen LogP contribution is -2.48. The third-order valence-electron chi connectivity index (χ3n) is 7.51. The second kappa shape index (κ2) is 16.1. The Morgan fingerprint density at radius 3 is 2.52 bits per heavy atom. The Hall–Kier alpha value is -4.08. The summed E-state index contributed by atoms with van der Waals surface area (Å²) in [5.74, 6) is 1.40. The molecule has 0 unspecified atom stereocenters. The van der Waals surface area contributed by atoms with Crippen molar-refractivity contribution in [3.8, 4) is 17.2 Å². The number of benzene rings is 3. The minimum Gasteiger partial charge on any atom is -0.494 e. The van der Waals surface area contributed by atoms with Crippen LogP contribution in [0.2, 0.25) is 0 Å². The number of carbonyl (C=O) groups excluding carboxylic acids is 2. The van der Waals surface area contributed by atoms with E-state index in [4.69, 9.17) is 14.2 Å². The largest absolute Gasteiger partial charge is 0.494 e. The summed E-state index contributed by atoms with van der Waals surface area (Å²) in [4.78, 5) is 27.2. The molecule has 4 bridgehead atoms. The first-order valence-electron chi connectivity index (χ1n) is 15.3. The van der Waals surface area contributed by atoms with E-state index in [1.54, 1.807) is 32.3 Å². The van der Waals surface area contributed by atoms with E-state index in [9.17, 15) is 14.7 Å². The standard InChI is InChI=1S/C35H45N3O6/c1-24(2)27-11-7-10-26(15-27)21-36-22-33(39)32-17-25-9-8-12-29(16-25)42-13-5-6-14-43-30-18-28(35(41)37-32)19-31(20-30)44-23-34(40)38(3)4/h7-12,15-16,18-20,24,32-33,36,39H,5-6,13-14,17,21-23H2,1-4H3,(H,37,41)/t32-,33+/m0/s1. The van der Waals surface area contributed by atoms with Crippen LogP contribution < -0.4 is 24.8 Å². The molecule has 0 saturated heterocycles. The Morgan fingerprint density at radius 2 is 1.77 bits per heavy atom. The lowest BCUT2D eigenvalue weighted by molar-refractivity contribution is -0.130. The highest BCUT2D eigenvalue weighted by atomic mass is 16.5. The van der Waals surface area contributed by atoms with E-state index in [2.05, 4.69) is 42.7 Å². The maximum Gasteiger partial charge on any atom is 0.259 e. The van der Waals surface area contributed by atoms with E-state index < -0.39 is 12.1 Å². The molecule has 0 fully saturated rings. The Labute approximate surface area is 260 Å². The van der Waals surface area contributed by atoms with Crippen LogP contribution in [0.1, 0.15) is 59.7 Å². The first kappa shape index (κ1) is 32.8. The minimum atomic E-state index is -0.886. The molecular formula is C35H45N3O6. The van der Waals surface area contributed by atoms with Crippen LogP contribution >= 0.6 is 0 Å². The fourth-order valence-electron chi connectivity index (χ4n) is 4.85. The van der Waals surface area contributed by atoms with Crippen molar-refractivity contribution in [3.05, 3.63) is 89.0 Å². The Balaban J connectivity index is 1.54. The number of ether oxygens (including phenoxy) is 3. The van der Waals surface area contributed by atoms with Crippen molar-refractivity contribution in [2.24, 2.45) is 0 Å². The average Bonchev–Trinajstić information content (AvgIpc) is 3.00. The van der Waals surface area contributed by atoms with Crippen LogP contribution in [0.3, 0.4) is 0 Å². The summed E-state index contributed by atoms with van der Waals surface area (Å²) in [5.41, 5.74) is 3.64. The van der Waals surface area contributed by atoms with Gasteiger partial charge < -0.3 is 34.9 Å². The summed E-state index contributed by atoms with van der Waals surface area (Å²) < 4.78 is 17.7. The minimum absolute atomic E-state index is 0.168. The predicted octanol–water partition coefficient (Wildman–Crippen LogP) is 4.32. The number of rotatable bonds is 9. The zero-order valence-corrected chi connectivity index (χ0v) is 26.2. The lowest BCUT2D eigenvalue weighted by atomic mass is 9.99. The number of hydrogen-bond acceptors (Lipinski definition) is 7. The van der Waals surface area contributed by atoms with E-state index in [1.165, 1.54) is 10.5 Å². The fraction of sp³-hybridized carbons (Fsp3) is 0.429. The molecule has 3 aromatic rings. The maximum atomic E-state index is 13.7. The topological polar surface area (TPSA) is 109 Å². The quantitative estimate of drug-likeness (QED) is 0.334. The highest BCUT2D eigenvalue weighted by Crippen LogP contribution is 2.25. The van der Waals surface area contributed by atoms with Crippen molar-refractivity contribution in [1.82, 2.24) is 15.5 Å². The number of fused-ring (bicyclic) bond motifs is 4. The fourth-order valence-corrected chi connectivity index (χ4v) is 4.85. The van der Waals surface area contributed by atoms with Crippen molar-refractivity contribution in [2.75, 3.05) is 40.5 Å². The Bertz CT molecular complexity index is 1390. The van der Waals surface area contributed by atoms with Crippen molar-refractivity contribution in [3.63, 3.8) is 0 Å². The van der Waals surface area contributed by atoms with Crippen LogP contribution in [0, 0.1) is 0 Å². The third-order valence-corrected chi connectivity index (χ3v) is 7.51. The molecule has 3 N–H and O–H groups in total. The first-order chi connectivity index (χ1) is 21.2. The van der Waals surface area contributed by atoms with Gasteiger partial charge >= 0.3 is 0 Å². The first-order valence-corrected chi connectivity index (χ1v) is 15.3. The van der Waals surface area contributed by atoms with Crippen LogP contribution in [-0.4, -0.2) is 74.4 Å². The SMILES string of the molecule is CC(C)c1cccc(CNC[C@@H](O)[C@@H]2Cc3cccc(c3)OCCCCOc3cc(OCC(=O)N(C)C)cc(c3)C(=O)N2)c1. The third kappa shape index (κ3) is 9.99. The van der Waals surface area contributed by atoms with Crippen molar-refractivity contribution in [1.29, 1.82) is 0 Å². The molecule has 4 rings (SSSR count). The molecule has 3 aromatic carbocycles. The predicted molar refractivity (Wildman–Crippen MR) is 170 cm³/mol. The molecule has 0 radical (unpaired) electrons. The monoisotopic (exact) mass is 603 g/mol. The molecule has 0 spiro atoms. The molecule has 236 valence electrons. The van der Waals surface area contributed by atoms with Crippen LogP contribution in [0.5, 0.6) is 17.2 Å². The molecule has 0 aliphatic carbocycles. The van der Waals surface area contributed by atoms with Gasteiger partial charge in [0.1, 0.15) is 17.2 Å². The molecule has 0 saturated carbocycles.